The van der Waals surface area contributed by atoms with Gasteiger partial charge < -0.3 is 10.6 Å². The second-order valence-corrected chi connectivity index (χ2v) is 7.10. The molecule has 2 N–H and O–H groups in total. The Morgan fingerprint density at radius 2 is 1.95 bits per heavy atom. The van der Waals surface area contributed by atoms with Gasteiger partial charge in [-0.2, -0.15) is 0 Å². The largest absolute Gasteiger partial charge is 0.339 e. The minimum atomic E-state index is -0.240. The normalized spacial score (nSPS) is 35.0. The fraction of sp³-hybridized carbons (Fsp3) is 0.941. The zero-order valence-corrected chi connectivity index (χ0v) is 13.4. The summed E-state index contributed by atoms with van der Waals surface area (Å²) in [4.78, 5) is 15.3. The number of likely N-dealkylation sites (tertiary alicyclic amines) is 1. The summed E-state index contributed by atoms with van der Waals surface area (Å²) >= 11 is 0. The molecule has 1 atom stereocenters. The summed E-state index contributed by atoms with van der Waals surface area (Å²) in [6, 6.07) is 0.476. The highest BCUT2D eigenvalue weighted by molar-refractivity contribution is 5.83. The molecule has 2 aliphatic rings. The molecule has 3 heteroatoms. The zero-order valence-electron chi connectivity index (χ0n) is 13.4. The van der Waals surface area contributed by atoms with Gasteiger partial charge in [-0.3, -0.25) is 4.79 Å². The van der Waals surface area contributed by atoms with Gasteiger partial charge in [0.05, 0.1) is 5.41 Å². The summed E-state index contributed by atoms with van der Waals surface area (Å²) < 4.78 is 0. The average Bonchev–Trinajstić information content (AvgIpc) is 2.49. The van der Waals surface area contributed by atoms with Crippen LogP contribution >= 0.6 is 0 Å². The Morgan fingerprint density at radius 3 is 2.55 bits per heavy atom. The Balaban J connectivity index is 2.10. The molecule has 3 nitrogen and oxygen atoms in total. The van der Waals surface area contributed by atoms with E-state index in [1.165, 1.54) is 25.7 Å². The van der Waals surface area contributed by atoms with Gasteiger partial charge in [0, 0.05) is 19.1 Å². The first kappa shape index (κ1) is 15.8. The molecular weight excluding hydrogens is 248 g/mol. The van der Waals surface area contributed by atoms with Gasteiger partial charge in [-0.05, 0) is 57.3 Å². The van der Waals surface area contributed by atoms with Crippen molar-refractivity contribution in [3.8, 4) is 0 Å². The van der Waals surface area contributed by atoms with E-state index in [4.69, 9.17) is 5.73 Å². The predicted octanol–water partition coefficient (Wildman–Crippen LogP) is 3.32. The van der Waals surface area contributed by atoms with Gasteiger partial charge >= 0.3 is 0 Å². The van der Waals surface area contributed by atoms with Gasteiger partial charge in [-0.15, -0.1) is 0 Å². The maximum absolute atomic E-state index is 13.1. The fourth-order valence-corrected chi connectivity index (χ4v) is 4.03. The quantitative estimate of drug-likeness (QED) is 0.858. The molecule has 1 amide bonds. The molecule has 1 saturated heterocycles. The van der Waals surface area contributed by atoms with Gasteiger partial charge in [0.1, 0.15) is 0 Å². The predicted molar refractivity (Wildman–Crippen MR) is 83.4 cm³/mol. The Kier molecular flexibility index (Phi) is 5.48. The van der Waals surface area contributed by atoms with Crippen molar-refractivity contribution < 1.29 is 4.79 Å². The van der Waals surface area contributed by atoms with E-state index in [-0.39, 0.29) is 5.41 Å². The van der Waals surface area contributed by atoms with Crippen molar-refractivity contribution in [3.05, 3.63) is 0 Å². The van der Waals surface area contributed by atoms with Crippen LogP contribution in [0.25, 0.3) is 0 Å². The van der Waals surface area contributed by atoms with Gasteiger partial charge in [-0.1, -0.05) is 20.3 Å². The lowest BCUT2D eigenvalue weighted by Crippen LogP contribution is -2.54. The average molecular weight is 280 g/mol. The number of piperidine rings is 1. The maximum Gasteiger partial charge on any atom is 0.230 e. The van der Waals surface area contributed by atoms with E-state index in [2.05, 4.69) is 18.7 Å². The van der Waals surface area contributed by atoms with Gasteiger partial charge in [0.25, 0.3) is 0 Å². The number of nitrogens with zero attached hydrogens (tertiary/aromatic N) is 1. The summed E-state index contributed by atoms with van der Waals surface area (Å²) in [6.45, 7) is 6.01. The minimum Gasteiger partial charge on any atom is -0.339 e. The second-order valence-electron chi connectivity index (χ2n) is 7.10. The highest BCUT2D eigenvalue weighted by Crippen LogP contribution is 2.41. The van der Waals surface area contributed by atoms with Crippen LogP contribution < -0.4 is 5.73 Å². The zero-order chi connectivity index (χ0) is 14.6. The van der Waals surface area contributed by atoms with Crippen LogP contribution in [0, 0.1) is 11.3 Å². The molecule has 0 aromatic rings. The fourth-order valence-electron chi connectivity index (χ4n) is 4.03. The molecule has 1 aliphatic heterocycles. The van der Waals surface area contributed by atoms with Crippen LogP contribution in [-0.2, 0) is 4.79 Å². The molecule has 1 saturated carbocycles. The lowest BCUT2D eigenvalue weighted by molar-refractivity contribution is -0.148. The van der Waals surface area contributed by atoms with Crippen LogP contribution in [0.5, 0.6) is 0 Å². The molecule has 2 rings (SSSR count). The molecule has 0 bridgehead atoms. The van der Waals surface area contributed by atoms with E-state index in [9.17, 15) is 4.79 Å². The Morgan fingerprint density at radius 1 is 1.25 bits per heavy atom. The first-order valence-corrected chi connectivity index (χ1v) is 8.64. The number of rotatable bonds is 4. The SMILES string of the molecule is CCCC1CCCCN1C(=O)C1(CN)CCC(C)CC1. The van der Waals surface area contributed by atoms with E-state index in [1.54, 1.807) is 0 Å². The third-order valence-corrected chi connectivity index (χ3v) is 5.59. The van der Waals surface area contributed by atoms with Crippen molar-refractivity contribution in [1.29, 1.82) is 0 Å². The summed E-state index contributed by atoms with van der Waals surface area (Å²) in [7, 11) is 0. The van der Waals surface area contributed by atoms with Crippen molar-refractivity contribution in [3.63, 3.8) is 0 Å². The van der Waals surface area contributed by atoms with Gasteiger partial charge in [0.15, 0.2) is 0 Å². The number of hydrogen-bond acceptors (Lipinski definition) is 2. The molecule has 0 radical (unpaired) electrons. The van der Waals surface area contributed by atoms with Crippen molar-refractivity contribution in [2.75, 3.05) is 13.1 Å². The monoisotopic (exact) mass is 280 g/mol. The Hall–Kier alpha value is -0.570. The topological polar surface area (TPSA) is 46.3 Å². The molecule has 1 unspecified atom stereocenters. The maximum atomic E-state index is 13.1. The van der Waals surface area contributed by atoms with Crippen molar-refractivity contribution in [2.45, 2.75) is 77.7 Å². The number of carbonyl (C=O) groups excluding carboxylic acids is 1. The van der Waals surface area contributed by atoms with Crippen LogP contribution in [0.1, 0.15) is 71.6 Å². The van der Waals surface area contributed by atoms with E-state index in [1.807, 2.05) is 0 Å². The van der Waals surface area contributed by atoms with Crippen LogP contribution in [0.15, 0.2) is 0 Å². The van der Waals surface area contributed by atoms with Gasteiger partial charge in [0.2, 0.25) is 5.91 Å². The van der Waals surface area contributed by atoms with E-state index >= 15 is 0 Å². The van der Waals surface area contributed by atoms with Crippen molar-refractivity contribution in [2.24, 2.45) is 17.1 Å². The summed E-state index contributed by atoms with van der Waals surface area (Å²) in [5.41, 5.74) is 5.82. The molecule has 1 aliphatic carbocycles. The lowest BCUT2D eigenvalue weighted by atomic mass is 9.69. The standard InChI is InChI=1S/C17H32N2O/c1-3-6-15-7-4-5-12-19(15)16(20)17(13-18)10-8-14(2)9-11-17/h14-15H,3-13,18H2,1-2H3. The number of nitrogens with two attached hydrogens (primary N) is 1. The van der Waals surface area contributed by atoms with Crippen molar-refractivity contribution in [1.82, 2.24) is 4.90 Å². The Labute approximate surface area is 124 Å². The van der Waals surface area contributed by atoms with E-state index in [0.717, 1.165) is 44.6 Å². The number of carbonyl (C=O) groups is 1. The lowest BCUT2D eigenvalue weighted by Gasteiger charge is -2.45. The molecular formula is C17H32N2O. The highest BCUT2D eigenvalue weighted by atomic mass is 16.2. The van der Waals surface area contributed by atoms with E-state index < -0.39 is 0 Å². The third-order valence-electron chi connectivity index (χ3n) is 5.59. The number of amides is 1. The number of hydrogen-bond donors (Lipinski definition) is 1. The van der Waals surface area contributed by atoms with Gasteiger partial charge in [-0.25, -0.2) is 0 Å². The smallest absolute Gasteiger partial charge is 0.230 e. The first-order chi connectivity index (χ1) is 9.63. The summed E-state index contributed by atoms with van der Waals surface area (Å²) in [6.07, 6.45) is 10.3. The Bertz CT molecular complexity index is 319. The molecule has 20 heavy (non-hydrogen) atoms. The molecule has 2 fully saturated rings. The van der Waals surface area contributed by atoms with Crippen LogP contribution in [0.3, 0.4) is 0 Å². The highest BCUT2D eigenvalue weighted by Gasteiger charge is 2.44. The molecule has 116 valence electrons. The molecule has 1 heterocycles. The van der Waals surface area contributed by atoms with Crippen LogP contribution in [0.4, 0.5) is 0 Å². The summed E-state index contributed by atoms with van der Waals surface area (Å²) in [5, 5.41) is 0. The molecule has 0 aromatic heterocycles. The minimum absolute atomic E-state index is 0.240. The van der Waals surface area contributed by atoms with Crippen LogP contribution in [0.2, 0.25) is 0 Å². The van der Waals surface area contributed by atoms with Crippen molar-refractivity contribution >= 4 is 5.91 Å². The molecule has 0 spiro atoms. The second kappa shape index (κ2) is 6.93. The summed E-state index contributed by atoms with van der Waals surface area (Å²) in [5.74, 6) is 1.14. The molecule has 0 aromatic carbocycles. The third kappa shape index (κ3) is 3.19. The van der Waals surface area contributed by atoms with Crippen LogP contribution in [-0.4, -0.2) is 29.9 Å². The first-order valence-electron chi connectivity index (χ1n) is 8.64. The van der Waals surface area contributed by atoms with E-state index in [0.29, 0.717) is 18.5 Å².